The topological polar surface area (TPSA) is 79.0 Å². The Kier molecular flexibility index (Phi) is 3.62. The van der Waals surface area contributed by atoms with Gasteiger partial charge in [-0.05, 0) is 30.7 Å². The van der Waals surface area contributed by atoms with Crippen LogP contribution in [-0.2, 0) is 0 Å². The number of hydrogen-bond acceptors (Lipinski definition) is 4. The van der Waals surface area contributed by atoms with E-state index >= 15 is 0 Å². The largest absolute Gasteiger partial charge is 0.354 e. The van der Waals surface area contributed by atoms with E-state index in [9.17, 15) is 14.5 Å². The summed E-state index contributed by atoms with van der Waals surface area (Å²) in [7, 11) is 0. The van der Waals surface area contributed by atoms with Crippen molar-refractivity contribution in [3.05, 3.63) is 63.5 Å². The lowest BCUT2D eigenvalue weighted by molar-refractivity contribution is -0.384. The number of hydrogen-bond donors (Lipinski definition) is 1. The van der Waals surface area contributed by atoms with Gasteiger partial charge in [0.2, 0.25) is 0 Å². The molecule has 0 saturated carbocycles. The number of halogens is 1. The van der Waals surface area contributed by atoms with Crippen molar-refractivity contribution in [2.45, 2.75) is 6.92 Å². The molecule has 6 heteroatoms. The minimum atomic E-state index is -0.571. The molecule has 0 saturated heterocycles. The molecule has 2 aromatic rings. The second-order valence-corrected chi connectivity index (χ2v) is 4.18. The summed E-state index contributed by atoms with van der Waals surface area (Å²) in [6.07, 6.45) is 0. The van der Waals surface area contributed by atoms with Crippen LogP contribution >= 0.6 is 0 Å². The van der Waals surface area contributed by atoms with Crippen LogP contribution in [0.2, 0.25) is 0 Å². The third-order valence-electron chi connectivity index (χ3n) is 2.80. The second kappa shape index (κ2) is 5.36. The number of nitro benzene ring substituents is 1. The van der Waals surface area contributed by atoms with Crippen LogP contribution in [0.3, 0.4) is 0 Å². The Labute approximate surface area is 114 Å². The zero-order chi connectivity index (χ0) is 14.7. The maximum Gasteiger partial charge on any atom is 0.270 e. The van der Waals surface area contributed by atoms with Gasteiger partial charge in [-0.25, -0.2) is 4.39 Å². The zero-order valence-electron chi connectivity index (χ0n) is 10.6. The first-order valence-corrected chi connectivity index (χ1v) is 5.73. The lowest BCUT2D eigenvalue weighted by Gasteiger charge is -2.10. The van der Waals surface area contributed by atoms with Gasteiger partial charge in [-0.3, -0.25) is 10.1 Å². The third kappa shape index (κ3) is 2.72. The van der Waals surface area contributed by atoms with E-state index in [1.54, 1.807) is 13.0 Å². The van der Waals surface area contributed by atoms with Gasteiger partial charge >= 0.3 is 0 Å². The summed E-state index contributed by atoms with van der Waals surface area (Å²) in [4.78, 5) is 10.1. The highest BCUT2D eigenvalue weighted by atomic mass is 19.1. The Hall–Kier alpha value is -2.94. The van der Waals surface area contributed by atoms with Crippen LogP contribution in [0.25, 0.3) is 0 Å². The van der Waals surface area contributed by atoms with Crippen LogP contribution in [0.1, 0.15) is 11.1 Å². The molecule has 5 nitrogen and oxygen atoms in total. The molecule has 0 atom stereocenters. The molecule has 0 heterocycles. The van der Waals surface area contributed by atoms with E-state index < -0.39 is 10.7 Å². The first-order chi connectivity index (χ1) is 9.51. The fourth-order valence-electron chi connectivity index (χ4n) is 1.72. The molecule has 0 aliphatic rings. The lowest BCUT2D eigenvalue weighted by atomic mass is 10.1. The van der Waals surface area contributed by atoms with Crippen LogP contribution in [-0.4, -0.2) is 4.92 Å². The summed E-state index contributed by atoms with van der Waals surface area (Å²) in [5.74, 6) is -0.404. The van der Waals surface area contributed by atoms with Crippen LogP contribution in [0.5, 0.6) is 0 Å². The van der Waals surface area contributed by atoms with Gasteiger partial charge in [-0.2, -0.15) is 5.26 Å². The average Bonchev–Trinajstić information content (AvgIpc) is 2.43. The molecule has 0 aliphatic heterocycles. The Balaban J connectivity index is 2.41. The molecule has 0 bridgehead atoms. The second-order valence-electron chi connectivity index (χ2n) is 4.18. The first-order valence-electron chi connectivity index (χ1n) is 5.73. The first kappa shape index (κ1) is 13.5. The van der Waals surface area contributed by atoms with Gasteiger partial charge in [0.15, 0.2) is 0 Å². The lowest BCUT2D eigenvalue weighted by Crippen LogP contribution is -1.98. The minimum absolute atomic E-state index is 0.128. The quantitative estimate of drug-likeness (QED) is 0.682. The van der Waals surface area contributed by atoms with E-state index in [0.29, 0.717) is 11.4 Å². The molecule has 0 amide bonds. The molecule has 0 radical (unpaired) electrons. The molecule has 2 rings (SSSR count). The summed E-state index contributed by atoms with van der Waals surface area (Å²) < 4.78 is 13.2. The number of nitrogens with one attached hydrogen (secondary N) is 1. The monoisotopic (exact) mass is 271 g/mol. The Bertz CT molecular complexity index is 723. The normalized spacial score (nSPS) is 9.85. The highest BCUT2D eigenvalue weighted by molar-refractivity contribution is 5.70. The molecular formula is C14H10FN3O2. The zero-order valence-corrected chi connectivity index (χ0v) is 10.6. The highest BCUT2D eigenvalue weighted by Gasteiger charge is 2.11. The van der Waals surface area contributed by atoms with Crippen molar-refractivity contribution >= 4 is 17.1 Å². The Morgan fingerprint density at radius 3 is 2.65 bits per heavy atom. The predicted molar refractivity (Wildman–Crippen MR) is 72.2 cm³/mol. The number of aryl methyl sites for hydroxylation is 1. The van der Waals surface area contributed by atoms with Gasteiger partial charge in [0, 0.05) is 17.8 Å². The summed E-state index contributed by atoms with van der Waals surface area (Å²) in [5.41, 5.74) is 1.67. The molecule has 100 valence electrons. The van der Waals surface area contributed by atoms with Crippen molar-refractivity contribution in [3.63, 3.8) is 0 Å². The smallest absolute Gasteiger partial charge is 0.270 e. The molecule has 0 aliphatic carbocycles. The van der Waals surface area contributed by atoms with E-state index in [1.807, 2.05) is 6.07 Å². The van der Waals surface area contributed by atoms with Crippen molar-refractivity contribution in [2.75, 3.05) is 5.32 Å². The molecular weight excluding hydrogens is 261 g/mol. The SMILES string of the molecule is Cc1ccc(F)cc1Nc1ccc([N+](=O)[O-])cc1C#N. The van der Waals surface area contributed by atoms with Crippen LogP contribution < -0.4 is 5.32 Å². The highest BCUT2D eigenvalue weighted by Crippen LogP contribution is 2.26. The van der Waals surface area contributed by atoms with Gasteiger partial charge in [-0.1, -0.05) is 6.07 Å². The van der Waals surface area contributed by atoms with Crippen molar-refractivity contribution in [3.8, 4) is 6.07 Å². The standard InChI is InChI=1S/C14H10FN3O2/c1-9-2-3-11(15)7-14(9)17-13-5-4-12(18(19)20)6-10(13)8-16/h2-7,17H,1H3. The number of nitrogens with zero attached hydrogens (tertiary/aromatic N) is 2. The van der Waals surface area contributed by atoms with Crippen molar-refractivity contribution in [1.29, 1.82) is 5.26 Å². The van der Waals surface area contributed by atoms with Gasteiger partial charge in [0.25, 0.3) is 5.69 Å². The number of rotatable bonds is 3. The van der Waals surface area contributed by atoms with Crippen molar-refractivity contribution in [2.24, 2.45) is 0 Å². The van der Waals surface area contributed by atoms with Crippen LogP contribution in [0.15, 0.2) is 36.4 Å². The minimum Gasteiger partial charge on any atom is -0.354 e. The molecule has 1 N–H and O–H groups in total. The van der Waals surface area contributed by atoms with Crippen LogP contribution in [0.4, 0.5) is 21.5 Å². The van der Waals surface area contributed by atoms with Crippen molar-refractivity contribution in [1.82, 2.24) is 0 Å². The van der Waals surface area contributed by atoms with Crippen LogP contribution in [0, 0.1) is 34.2 Å². The number of anilines is 2. The maximum atomic E-state index is 13.2. The summed E-state index contributed by atoms with van der Waals surface area (Å²) in [6.45, 7) is 1.79. The number of benzene rings is 2. The maximum absolute atomic E-state index is 13.2. The Morgan fingerprint density at radius 1 is 1.25 bits per heavy atom. The summed E-state index contributed by atoms with van der Waals surface area (Å²) in [6, 6.07) is 10.0. The summed E-state index contributed by atoms with van der Waals surface area (Å²) in [5, 5.41) is 22.6. The third-order valence-corrected chi connectivity index (χ3v) is 2.80. The molecule has 0 spiro atoms. The van der Waals surface area contributed by atoms with Crippen molar-refractivity contribution < 1.29 is 9.31 Å². The van der Waals surface area contributed by atoms with Gasteiger partial charge in [0.05, 0.1) is 16.2 Å². The van der Waals surface area contributed by atoms with Gasteiger partial charge in [-0.15, -0.1) is 0 Å². The van der Waals surface area contributed by atoms with E-state index in [-0.39, 0.29) is 11.3 Å². The average molecular weight is 271 g/mol. The molecule has 0 unspecified atom stereocenters. The Morgan fingerprint density at radius 2 is 2.00 bits per heavy atom. The molecule has 0 aromatic heterocycles. The fraction of sp³-hybridized carbons (Fsp3) is 0.0714. The molecule has 20 heavy (non-hydrogen) atoms. The van der Waals surface area contributed by atoms with E-state index in [0.717, 1.165) is 5.56 Å². The number of non-ortho nitro benzene ring substituents is 1. The predicted octanol–water partition coefficient (Wildman–Crippen LogP) is 3.66. The number of nitriles is 1. The summed E-state index contributed by atoms with van der Waals surface area (Å²) >= 11 is 0. The van der Waals surface area contributed by atoms with Gasteiger partial charge < -0.3 is 5.32 Å². The van der Waals surface area contributed by atoms with E-state index in [1.165, 1.54) is 30.3 Å². The van der Waals surface area contributed by atoms with E-state index in [4.69, 9.17) is 5.26 Å². The molecule has 2 aromatic carbocycles. The van der Waals surface area contributed by atoms with E-state index in [2.05, 4.69) is 5.32 Å². The molecule has 0 fully saturated rings. The fourth-order valence-corrected chi connectivity index (χ4v) is 1.72. The number of nitro groups is 1. The van der Waals surface area contributed by atoms with Gasteiger partial charge in [0.1, 0.15) is 11.9 Å².